The van der Waals surface area contributed by atoms with Crippen LogP contribution in [0, 0.1) is 0 Å². The van der Waals surface area contributed by atoms with E-state index in [4.69, 9.17) is 21.1 Å². The number of thiophene rings is 1. The Bertz CT molecular complexity index is 1270. The first-order valence-electron chi connectivity index (χ1n) is 12.8. The Morgan fingerprint density at radius 1 is 0.921 bits per heavy atom. The second kappa shape index (κ2) is 11.8. The number of carbonyl (C=O) groups excluding carboxylic acids is 2. The minimum atomic E-state index is -0.0830. The summed E-state index contributed by atoms with van der Waals surface area (Å²) in [7, 11) is 3.13. The topological polar surface area (TPSA) is 62.3 Å². The monoisotopic (exact) mass is 553 g/mol. The fourth-order valence-electron chi connectivity index (χ4n) is 5.33. The third-order valence-corrected chi connectivity index (χ3v) is 8.57. The lowest BCUT2D eigenvalue weighted by molar-refractivity contribution is -0.132. The molecule has 3 aromatic rings. The molecule has 0 aliphatic carbocycles. The average molecular weight is 554 g/mol. The Labute approximate surface area is 232 Å². The van der Waals surface area contributed by atoms with Gasteiger partial charge in [-0.1, -0.05) is 23.7 Å². The molecule has 38 heavy (non-hydrogen) atoms. The lowest BCUT2D eigenvalue weighted by Crippen LogP contribution is -2.45. The second-order valence-corrected chi connectivity index (χ2v) is 11.0. The molecule has 200 valence electrons. The van der Waals surface area contributed by atoms with Gasteiger partial charge in [0, 0.05) is 54.3 Å². The highest BCUT2D eigenvalue weighted by atomic mass is 35.5. The third kappa shape index (κ3) is 5.67. The van der Waals surface area contributed by atoms with Gasteiger partial charge >= 0.3 is 0 Å². The van der Waals surface area contributed by atoms with E-state index in [1.807, 2.05) is 21.9 Å². The van der Waals surface area contributed by atoms with E-state index in [1.54, 1.807) is 43.8 Å². The van der Waals surface area contributed by atoms with Gasteiger partial charge in [-0.3, -0.25) is 14.5 Å². The predicted octanol–water partition coefficient (Wildman–Crippen LogP) is 4.74. The quantitative estimate of drug-likeness (QED) is 0.441. The van der Waals surface area contributed by atoms with Crippen LogP contribution in [0.2, 0.25) is 5.02 Å². The summed E-state index contributed by atoms with van der Waals surface area (Å²) in [5.41, 5.74) is 2.94. The van der Waals surface area contributed by atoms with Gasteiger partial charge in [0.25, 0.3) is 5.91 Å². The Morgan fingerprint density at radius 3 is 2.32 bits per heavy atom. The summed E-state index contributed by atoms with van der Waals surface area (Å²) in [5.74, 6) is 1.16. The first kappa shape index (κ1) is 26.5. The van der Waals surface area contributed by atoms with Crippen LogP contribution in [0.4, 0.5) is 0 Å². The Morgan fingerprint density at radius 2 is 1.61 bits per heavy atom. The van der Waals surface area contributed by atoms with Crippen molar-refractivity contribution in [3.05, 3.63) is 80.5 Å². The molecule has 7 nitrogen and oxygen atoms in total. The maximum absolute atomic E-state index is 13.5. The van der Waals surface area contributed by atoms with Crippen molar-refractivity contribution in [2.24, 2.45) is 0 Å². The number of fused-ring (bicyclic) bond motifs is 1. The highest BCUT2D eigenvalue weighted by molar-refractivity contribution is 7.10. The summed E-state index contributed by atoms with van der Waals surface area (Å²) in [6.07, 6.45) is 1.67. The van der Waals surface area contributed by atoms with Crippen LogP contribution in [-0.4, -0.2) is 80.0 Å². The standard InChI is InChI=1S/C29H32ClN3O4S/c1-36-23-16-21(17-24(18-23)37-2)29(35)32-11-3-10-31(13-14-32)27(34)19-33-12-8-26-25(9-15-38-26)28(33)20-4-6-22(30)7-5-20/h4-7,9,15-18,28H,3,8,10-14,19H2,1-2H3/t28-/m0/s1. The smallest absolute Gasteiger partial charge is 0.254 e. The summed E-state index contributed by atoms with van der Waals surface area (Å²) in [4.78, 5) is 34.2. The van der Waals surface area contributed by atoms with Crippen molar-refractivity contribution < 1.29 is 19.1 Å². The number of halogens is 1. The molecule has 0 radical (unpaired) electrons. The number of ether oxygens (including phenoxy) is 2. The van der Waals surface area contributed by atoms with Gasteiger partial charge in [-0.15, -0.1) is 11.3 Å². The zero-order chi connectivity index (χ0) is 26.6. The SMILES string of the molecule is COc1cc(OC)cc(C(=O)N2CCCN(C(=O)CN3CCc4sccc4[C@@H]3c3ccc(Cl)cc3)CC2)c1. The first-order valence-corrected chi connectivity index (χ1v) is 14.1. The van der Waals surface area contributed by atoms with Gasteiger partial charge in [0.05, 0.1) is 26.8 Å². The highest BCUT2D eigenvalue weighted by Crippen LogP contribution is 2.38. The molecule has 1 saturated heterocycles. The van der Waals surface area contributed by atoms with E-state index in [9.17, 15) is 9.59 Å². The molecular formula is C29H32ClN3O4S. The number of nitrogens with zero attached hydrogens (tertiary/aromatic N) is 3. The van der Waals surface area contributed by atoms with Crippen LogP contribution in [0.3, 0.4) is 0 Å². The molecule has 5 rings (SSSR count). The maximum Gasteiger partial charge on any atom is 0.254 e. The Balaban J connectivity index is 1.27. The van der Waals surface area contributed by atoms with E-state index in [2.05, 4.69) is 28.5 Å². The van der Waals surface area contributed by atoms with E-state index in [0.717, 1.165) is 24.9 Å². The van der Waals surface area contributed by atoms with E-state index in [1.165, 1.54) is 10.4 Å². The Hall–Kier alpha value is -3.07. The average Bonchev–Trinajstić information content (AvgIpc) is 3.28. The zero-order valence-electron chi connectivity index (χ0n) is 21.7. The number of carbonyl (C=O) groups is 2. The van der Waals surface area contributed by atoms with Gasteiger partial charge in [0.15, 0.2) is 0 Å². The summed E-state index contributed by atoms with van der Waals surface area (Å²) in [5, 5.41) is 2.84. The van der Waals surface area contributed by atoms with E-state index in [0.29, 0.717) is 54.8 Å². The second-order valence-electron chi connectivity index (χ2n) is 9.60. The van der Waals surface area contributed by atoms with Crippen LogP contribution in [0.5, 0.6) is 11.5 Å². The molecule has 1 atom stereocenters. The molecule has 2 aliphatic heterocycles. The van der Waals surface area contributed by atoms with Gasteiger partial charge in [-0.25, -0.2) is 0 Å². The van der Waals surface area contributed by atoms with Crippen molar-refractivity contribution in [1.82, 2.24) is 14.7 Å². The molecular weight excluding hydrogens is 522 g/mol. The molecule has 0 N–H and O–H groups in total. The van der Waals surface area contributed by atoms with Gasteiger partial charge in [0.1, 0.15) is 11.5 Å². The number of amides is 2. The van der Waals surface area contributed by atoms with Crippen molar-refractivity contribution in [2.75, 3.05) is 53.5 Å². The van der Waals surface area contributed by atoms with Gasteiger partial charge in [-0.2, -0.15) is 0 Å². The molecule has 9 heteroatoms. The molecule has 0 spiro atoms. The summed E-state index contributed by atoms with van der Waals surface area (Å²) >= 11 is 7.94. The third-order valence-electron chi connectivity index (χ3n) is 7.32. The van der Waals surface area contributed by atoms with E-state index in [-0.39, 0.29) is 17.9 Å². The highest BCUT2D eigenvalue weighted by Gasteiger charge is 2.32. The normalized spacial score (nSPS) is 18.0. The molecule has 2 aliphatic rings. The maximum atomic E-state index is 13.5. The van der Waals surface area contributed by atoms with Crippen LogP contribution in [0.25, 0.3) is 0 Å². The lowest BCUT2D eigenvalue weighted by atomic mass is 9.93. The largest absolute Gasteiger partial charge is 0.497 e. The minimum absolute atomic E-state index is 0.0271. The van der Waals surface area contributed by atoms with E-state index < -0.39 is 0 Å². The lowest BCUT2D eigenvalue weighted by Gasteiger charge is -2.37. The summed E-state index contributed by atoms with van der Waals surface area (Å²) in [6.45, 7) is 3.38. The Kier molecular flexibility index (Phi) is 8.21. The van der Waals surface area contributed by atoms with Crippen LogP contribution >= 0.6 is 22.9 Å². The minimum Gasteiger partial charge on any atom is -0.497 e. The number of hydrogen-bond acceptors (Lipinski definition) is 6. The zero-order valence-corrected chi connectivity index (χ0v) is 23.3. The number of rotatable bonds is 6. The molecule has 0 saturated carbocycles. The fraction of sp³-hybridized carbons (Fsp3) is 0.379. The van der Waals surface area contributed by atoms with Crippen molar-refractivity contribution in [3.8, 4) is 11.5 Å². The van der Waals surface area contributed by atoms with Crippen LogP contribution in [0.15, 0.2) is 53.9 Å². The first-order chi connectivity index (χ1) is 18.5. The molecule has 3 heterocycles. The van der Waals surface area contributed by atoms with Gasteiger partial charge in [0.2, 0.25) is 5.91 Å². The van der Waals surface area contributed by atoms with Crippen molar-refractivity contribution in [1.29, 1.82) is 0 Å². The van der Waals surface area contributed by atoms with Crippen LogP contribution in [-0.2, 0) is 11.2 Å². The molecule has 0 bridgehead atoms. The van der Waals surface area contributed by atoms with Crippen LogP contribution in [0.1, 0.15) is 38.8 Å². The molecule has 2 amide bonds. The van der Waals surface area contributed by atoms with Crippen molar-refractivity contribution in [2.45, 2.75) is 18.9 Å². The summed E-state index contributed by atoms with van der Waals surface area (Å²) < 4.78 is 10.7. The molecule has 1 fully saturated rings. The number of methoxy groups -OCH3 is 2. The molecule has 0 unspecified atom stereocenters. The van der Waals surface area contributed by atoms with Crippen molar-refractivity contribution >= 4 is 34.8 Å². The number of benzene rings is 2. The predicted molar refractivity (Wildman–Crippen MR) is 150 cm³/mol. The van der Waals surface area contributed by atoms with Gasteiger partial charge < -0.3 is 19.3 Å². The van der Waals surface area contributed by atoms with Gasteiger partial charge in [-0.05, 0) is 59.7 Å². The fourth-order valence-corrected chi connectivity index (χ4v) is 6.36. The summed E-state index contributed by atoms with van der Waals surface area (Å²) in [6, 6.07) is 15.3. The van der Waals surface area contributed by atoms with E-state index >= 15 is 0 Å². The van der Waals surface area contributed by atoms with Crippen LogP contribution < -0.4 is 9.47 Å². The van der Waals surface area contributed by atoms with Crippen molar-refractivity contribution in [3.63, 3.8) is 0 Å². The molecule has 1 aromatic heterocycles. The molecule has 2 aromatic carbocycles. The number of hydrogen-bond donors (Lipinski definition) is 0.